The number of ether oxygens (including phenoxy) is 1. The second kappa shape index (κ2) is 5.30. The smallest absolute Gasteiger partial charge is 0.256 e. The van der Waals surface area contributed by atoms with Gasteiger partial charge in [-0.25, -0.2) is 0 Å². The van der Waals surface area contributed by atoms with Crippen LogP contribution in [-0.4, -0.2) is 50.7 Å². The van der Waals surface area contributed by atoms with Gasteiger partial charge in [-0.3, -0.25) is 0 Å². The highest BCUT2D eigenvalue weighted by molar-refractivity contribution is 6.29. The molecule has 3 heterocycles. The summed E-state index contributed by atoms with van der Waals surface area (Å²) in [6.45, 7) is 1.82. The highest BCUT2D eigenvalue weighted by atomic mass is 35.5. The normalized spacial score (nSPS) is 20.2. The zero-order valence-corrected chi connectivity index (χ0v) is 11.5. The van der Waals surface area contributed by atoms with Crippen molar-refractivity contribution in [2.24, 2.45) is 0 Å². The van der Waals surface area contributed by atoms with Crippen LogP contribution >= 0.6 is 11.6 Å². The first-order valence-corrected chi connectivity index (χ1v) is 6.81. The van der Waals surface area contributed by atoms with E-state index in [0.717, 1.165) is 6.42 Å². The van der Waals surface area contributed by atoms with Crippen molar-refractivity contribution in [3.63, 3.8) is 0 Å². The summed E-state index contributed by atoms with van der Waals surface area (Å²) in [4.78, 5) is 10.4. The van der Waals surface area contributed by atoms with Crippen LogP contribution in [0.3, 0.4) is 0 Å². The van der Waals surface area contributed by atoms with E-state index in [1.807, 2.05) is 0 Å². The number of hydrogen-bond donors (Lipinski definition) is 0. The van der Waals surface area contributed by atoms with Crippen molar-refractivity contribution in [2.75, 3.05) is 20.2 Å². The van der Waals surface area contributed by atoms with Crippen LogP contribution in [-0.2, 0) is 0 Å². The molecule has 0 aromatic carbocycles. The minimum Gasteiger partial charge on any atom is -0.477 e. The molecule has 102 valence electrons. The zero-order valence-electron chi connectivity index (χ0n) is 10.8. The van der Waals surface area contributed by atoms with Crippen LogP contribution in [0.25, 0.3) is 5.78 Å². The SMILES string of the molecule is CN1CCCC1CCOc1cc(Cl)nc2ncnn12. The molecule has 0 radical (unpaired) electrons. The maximum Gasteiger partial charge on any atom is 0.256 e. The van der Waals surface area contributed by atoms with Gasteiger partial charge in [-0.2, -0.15) is 19.6 Å². The van der Waals surface area contributed by atoms with Crippen molar-refractivity contribution in [3.05, 3.63) is 17.5 Å². The Balaban J connectivity index is 1.66. The zero-order chi connectivity index (χ0) is 13.2. The molecule has 0 saturated carbocycles. The number of rotatable bonds is 4. The monoisotopic (exact) mass is 281 g/mol. The van der Waals surface area contributed by atoms with Crippen LogP contribution in [0.2, 0.25) is 5.15 Å². The summed E-state index contributed by atoms with van der Waals surface area (Å²) < 4.78 is 7.34. The van der Waals surface area contributed by atoms with Gasteiger partial charge in [0.15, 0.2) is 0 Å². The Bertz CT molecular complexity index is 572. The molecule has 3 rings (SSSR count). The van der Waals surface area contributed by atoms with E-state index in [2.05, 4.69) is 27.0 Å². The molecule has 0 amide bonds. The maximum atomic E-state index is 5.93. The molecule has 1 atom stereocenters. The first-order chi connectivity index (χ1) is 9.24. The third kappa shape index (κ3) is 2.64. The van der Waals surface area contributed by atoms with Crippen LogP contribution < -0.4 is 4.74 Å². The third-order valence-electron chi connectivity index (χ3n) is 3.56. The lowest BCUT2D eigenvalue weighted by Gasteiger charge is -2.19. The minimum atomic E-state index is 0.369. The number of fused-ring (bicyclic) bond motifs is 1. The van der Waals surface area contributed by atoms with Crippen molar-refractivity contribution in [2.45, 2.75) is 25.3 Å². The number of hydrogen-bond acceptors (Lipinski definition) is 5. The van der Waals surface area contributed by atoms with E-state index in [4.69, 9.17) is 16.3 Å². The largest absolute Gasteiger partial charge is 0.477 e. The van der Waals surface area contributed by atoms with Gasteiger partial charge in [0.2, 0.25) is 5.88 Å². The Morgan fingerprint density at radius 1 is 1.53 bits per heavy atom. The Morgan fingerprint density at radius 2 is 2.42 bits per heavy atom. The van der Waals surface area contributed by atoms with Gasteiger partial charge in [-0.05, 0) is 32.9 Å². The molecule has 1 aliphatic rings. The van der Waals surface area contributed by atoms with Crippen molar-refractivity contribution in [3.8, 4) is 5.88 Å². The molecule has 1 aliphatic heterocycles. The van der Waals surface area contributed by atoms with Gasteiger partial charge in [0, 0.05) is 12.1 Å². The summed E-state index contributed by atoms with van der Waals surface area (Å²) in [6.07, 6.45) is 4.97. The van der Waals surface area contributed by atoms with E-state index in [1.165, 1.54) is 25.7 Å². The summed E-state index contributed by atoms with van der Waals surface area (Å²) in [6, 6.07) is 2.28. The lowest BCUT2D eigenvalue weighted by molar-refractivity contribution is 0.225. The van der Waals surface area contributed by atoms with Gasteiger partial charge in [-0.1, -0.05) is 11.6 Å². The van der Waals surface area contributed by atoms with E-state index < -0.39 is 0 Å². The maximum absolute atomic E-state index is 5.93. The Kier molecular flexibility index (Phi) is 3.52. The summed E-state index contributed by atoms with van der Waals surface area (Å²) in [5.41, 5.74) is 0. The fourth-order valence-corrected chi connectivity index (χ4v) is 2.67. The fourth-order valence-electron chi connectivity index (χ4n) is 2.50. The summed E-state index contributed by atoms with van der Waals surface area (Å²) >= 11 is 5.93. The third-order valence-corrected chi connectivity index (χ3v) is 3.75. The molecule has 0 spiro atoms. The van der Waals surface area contributed by atoms with Gasteiger partial charge in [-0.15, -0.1) is 0 Å². The van der Waals surface area contributed by atoms with E-state index in [9.17, 15) is 0 Å². The van der Waals surface area contributed by atoms with Crippen molar-refractivity contribution in [1.29, 1.82) is 0 Å². The molecule has 1 unspecified atom stereocenters. The van der Waals surface area contributed by atoms with Gasteiger partial charge >= 0.3 is 0 Å². The van der Waals surface area contributed by atoms with Crippen molar-refractivity contribution >= 4 is 17.4 Å². The highest BCUT2D eigenvalue weighted by Gasteiger charge is 2.20. The van der Waals surface area contributed by atoms with Gasteiger partial charge in [0.25, 0.3) is 5.78 Å². The molecule has 2 aromatic rings. The molecular formula is C12H16ClN5O. The van der Waals surface area contributed by atoms with E-state index in [-0.39, 0.29) is 0 Å². The van der Waals surface area contributed by atoms with Crippen LogP contribution in [0.1, 0.15) is 19.3 Å². The number of halogens is 1. The Hall–Kier alpha value is -1.40. The molecule has 6 nitrogen and oxygen atoms in total. The molecular weight excluding hydrogens is 266 g/mol. The quantitative estimate of drug-likeness (QED) is 0.798. The molecule has 19 heavy (non-hydrogen) atoms. The van der Waals surface area contributed by atoms with Crippen molar-refractivity contribution in [1.82, 2.24) is 24.5 Å². The Labute approximate surface area is 116 Å². The highest BCUT2D eigenvalue weighted by Crippen LogP contribution is 2.20. The average Bonchev–Trinajstić information content (AvgIpc) is 2.98. The second-order valence-electron chi connectivity index (χ2n) is 4.80. The van der Waals surface area contributed by atoms with E-state index in [0.29, 0.717) is 29.5 Å². The number of aromatic nitrogens is 4. The predicted octanol–water partition coefficient (Wildman–Crippen LogP) is 1.64. The molecule has 2 aromatic heterocycles. The van der Waals surface area contributed by atoms with Crippen LogP contribution in [0.4, 0.5) is 0 Å². The van der Waals surface area contributed by atoms with Crippen LogP contribution in [0.15, 0.2) is 12.4 Å². The van der Waals surface area contributed by atoms with Crippen LogP contribution in [0, 0.1) is 0 Å². The van der Waals surface area contributed by atoms with Gasteiger partial charge in [0.1, 0.15) is 11.5 Å². The lowest BCUT2D eigenvalue weighted by atomic mass is 10.1. The molecule has 0 bridgehead atoms. The summed E-state index contributed by atoms with van der Waals surface area (Å²) in [5.74, 6) is 1.05. The summed E-state index contributed by atoms with van der Waals surface area (Å²) in [7, 11) is 2.16. The molecule has 7 heteroatoms. The number of likely N-dealkylation sites (tertiary alicyclic amines) is 1. The predicted molar refractivity (Wildman–Crippen MR) is 71.6 cm³/mol. The van der Waals surface area contributed by atoms with E-state index in [1.54, 1.807) is 10.6 Å². The van der Waals surface area contributed by atoms with Gasteiger partial charge < -0.3 is 9.64 Å². The first kappa shape index (κ1) is 12.6. The molecule has 1 fully saturated rings. The standard InChI is InChI=1S/C12H16ClN5O/c1-17-5-2-3-9(17)4-6-19-11-7-10(13)16-12-14-8-15-18(11)12/h7-9H,2-6H2,1H3. The Morgan fingerprint density at radius 3 is 3.21 bits per heavy atom. The minimum absolute atomic E-state index is 0.369. The van der Waals surface area contributed by atoms with Gasteiger partial charge in [0.05, 0.1) is 6.61 Å². The molecule has 1 saturated heterocycles. The topological polar surface area (TPSA) is 55.5 Å². The summed E-state index contributed by atoms with van der Waals surface area (Å²) in [5, 5.41) is 4.44. The molecule has 0 aliphatic carbocycles. The second-order valence-corrected chi connectivity index (χ2v) is 5.19. The average molecular weight is 282 g/mol. The molecule has 0 N–H and O–H groups in total. The number of nitrogens with zero attached hydrogens (tertiary/aromatic N) is 5. The van der Waals surface area contributed by atoms with Crippen molar-refractivity contribution < 1.29 is 4.74 Å². The van der Waals surface area contributed by atoms with E-state index >= 15 is 0 Å². The first-order valence-electron chi connectivity index (χ1n) is 6.43. The fraction of sp³-hybridized carbons (Fsp3) is 0.583. The van der Waals surface area contributed by atoms with Crippen LogP contribution in [0.5, 0.6) is 5.88 Å². The lowest BCUT2D eigenvalue weighted by Crippen LogP contribution is -2.26.